The van der Waals surface area contributed by atoms with E-state index in [1.807, 2.05) is 6.07 Å². The first-order valence-corrected chi connectivity index (χ1v) is 6.98. The van der Waals surface area contributed by atoms with Crippen molar-refractivity contribution in [2.75, 3.05) is 0 Å². The quantitative estimate of drug-likeness (QED) is 0.912. The number of hydrogen-bond acceptors (Lipinski definition) is 5. The van der Waals surface area contributed by atoms with Gasteiger partial charge in [-0.05, 0) is 26.2 Å². The molecule has 2 heterocycles. The predicted octanol–water partition coefficient (Wildman–Crippen LogP) is 2.21. The second-order valence-electron chi connectivity index (χ2n) is 5.48. The maximum absolute atomic E-state index is 12.2. The van der Waals surface area contributed by atoms with Gasteiger partial charge in [-0.25, -0.2) is 9.97 Å². The third-order valence-electron chi connectivity index (χ3n) is 3.10. The van der Waals surface area contributed by atoms with Crippen molar-refractivity contribution in [1.29, 1.82) is 0 Å². The van der Waals surface area contributed by atoms with E-state index in [1.165, 1.54) is 6.33 Å². The molecule has 0 spiro atoms. The van der Waals surface area contributed by atoms with Gasteiger partial charge in [0.15, 0.2) is 5.76 Å². The van der Waals surface area contributed by atoms with Gasteiger partial charge in [0.2, 0.25) is 0 Å². The summed E-state index contributed by atoms with van der Waals surface area (Å²) in [6.45, 7) is 8.13. The summed E-state index contributed by atoms with van der Waals surface area (Å²) < 4.78 is 5.22. The molecule has 1 amide bonds. The standard InChI is InChI=1S/C15H20N4O2/c1-9(2)5-12-6-13(21-19-12)7-16-15(20)14-10(3)17-8-18-11(14)4/h6,8-9H,5,7H2,1-4H3,(H,16,20). The molecular weight excluding hydrogens is 268 g/mol. The molecule has 21 heavy (non-hydrogen) atoms. The van der Waals surface area contributed by atoms with Gasteiger partial charge in [0.1, 0.15) is 6.33 Å². The molecule has 6 heteroatoms. The molecule has 0 aliphatic rings. The Morgan fingerprint density at radius 1 is 1.29 bits per heavy atom. The van der Waals surface area contributed by atoms with Crippen molar-refractivity contribution < 1.29 is 9.32 Å². The molecule has 2 rings (SSSR count). The van der Waals surface area contributed by atoms with Gasteiger partial charge in [-0.1, -0.05) is 19.0 Å². The Kier molecular flexibility index (Phi) is 4.67. The normalized spacial score (nSPS) is 10.9. The van der Waals surface area contributed by atoms with Crippen LogP contribution in [0.2, 0.25) is 0 Å². The molecule has 0 unspecified atom stereocenters. The number of carbonyl (C=O) groups excluding carboxylic acids is 1. The summed E-state index contributed by atoms with van der Waals surface area (Å²) in [4.78, 5) is 20.3. The minimum Gasteiger partial charge on any atom is -0.359 e. The highest BCUT2D eigenvalue weighted by molar-refractivity contribution is 5.96. The van der Waals surface area contributed by atoms with E-state index in [1.54, 1.807) is 13.8 Å². The molecule has 0 saturated carbocycles. The molecule has 6 nitrogen and oxygen atoms in total. The largest absolute Gasteiger partial charge is 0.359 e. The van der Waals surface area contributed by atoms with Crippen LogP contribution in [0.1, 0.15) is 47.0 Å². The van der Waals surface area contributed by atoms with Crippen molar-refractivity contribution in [2.45, 2.75) is 40.7 Å². The molecule has 2 aromatic heterocycles. The zero-order chi connectivity index (χ0) is 15.4. The Bertz CT molecular complexity index is 614. The predicted molar refractivity (Wildman–Crippen MR) is 77.7 cm³/mol. The molecule has 0 bridgehead atoms. The summed E-state index contributed by atoms with van der Waals surface area (Å²) >= 11 is 0. The highest BCUT2D eigenvalue weighted by Crippen LogP contribution is 2.11. The molecule has 0 aromatic carbocycles. The first-order chi connectivity index (χ1) is 9.97. The molecule has 2 aromatic rings. The Hall–Kier alpha value is -2.24. The Morgan fingerprint density at radius 2 is 1.95 bits per heavy atom. The second kappa shape index (κ2) is 6.47. The monoisotopic (exact) mass is 288 g/mol. The van der Waals surface area contributed by atoms with E-state index in [0.717, 1.165) is 12.1 Å². The van der Waals surface area contributed by atoms with Crippen LogP contribution >= 0.6 is 0 Å². The molecule has 0 atom stereocenters. The number of amides is 1. The van der Waals surface area contributed by atoms with Crippen LogP contribution in [0.25, 0.3) is 0 Å². The summed E-state index contributed by atoms with van der Waals surface area (Å²) in [7, 11) is 0. The van der Waals surface area contributed by atoms with Crippen LogP contribution in [-0.2, 0) is 13.0 Å². The molecule has 0 aliphatic carbocycles. The highest BCUT2D eigenvalue weighted by Gasteiger charge is 2.14. The number of hydrogen-bond donors (Lipinski definition) is 1. The van der Waals surface area contributed by atoms with Crippen molar-refractivity contribution in [3.05, 3.63) is 40.8 Å². The fourth-order valence-electron chi connectivity index (χ4n) is 2.13. The third-order valence-corrected chi connectivity index (χ3v) is 3.10. The van der Waals surface area contributed by atoms with E-state index in [9.17, 15) is 4.79 Å². The van der Waals surface area contributed by atoms with E-state index < -0.39 is 0 Å². The van der Waals surface area contributed by atoms with Crippen LogP contribution in [0.3, 0.4) is 0 Å². The lowest BCUT2D eigenvalue weighted by Crippen LogP contribution is -2.25. The van der Waals surface area contributed by atoms with Gasteiger partial charge in [0, 0.05) is 6.07 Å². The van der Waals surface area contributed by atoms with Crippen LogP contribution in [0, 0.1) is 19.8 Å². The Balaban J connectivity index is 1.99. The molecule has 112 valence electrons. The van der Waals surface area contributed by atoms with Gasteiger partial charge in [0.25, 0.3) is 5.91 Å². The number of nitrogens with zero attached hydrogens (tertiary/aromatic N) is 3. The molecule has 0 radical (unpaired) electrons. The lowest BCUT2D eigenvalue weighted by Gasteiger charge is -2.07. The lowest BCUT2D eigenvalue weighted by atomic mass is 10.1. The molecule has 0 aliphatic heterocycles. The van der Waals surface area contributed by atoms with Crippen LogP contribution in [-0.4, -0.2) is 21.0 Å². The fraction of sp³-hybridized carbons (Fsp3) is 0.467. The zero-order valence-corrected chi connectivity index (χ0v) is 12.8. The number of aryl methyl sites for hydroxylation is 2. The first kappa shape index (κ1) is 15.2. The van der Waals surface area contributed by atoms with E-state index in [2.05, 4.69) is 34.3 Å². The van der Waals surface area contributed by atoms with Gasteiger partial charge in [-0.2, -0.15) is 0 Å². The summed E-state index contributed by atoms with van der Waals surface area (Å²) in [5.74, 6) is 0.961. The van der Waals surface area contributed by atoms with Gasteiger partial charge in [-0.3, -0.25) is 4.79 Å². The minimum absolute atomic E-state index is 0.201. The smallest absolute Gasteiger partial charge is 0.255 e. The molecular formula is C15H20N4O2. The molecule has 0 saturated heterocycles. The summed E-state index contributed by atoms with van der Waals surface area (Å²) in [6.07, 6.45) is 2.32. The van der Waals surface area contributed by atoms with E-state index in [0.29, 0.717) is 35.2 Å². The van der Waals surface area contributed by atoms with Crippen LogP contribution in [0.5, 0.6) is 0 Å². The van der Waals surface area contributed by atoms with Crippen LogP contribution < -0.4 is 5.32 Å². The second-order valence-corrected chi connectivity index (χ2v) is 5.48. The zero-order valence-electron chi connectivity index (χ0n) is 12.8. The minimum atomic E-state index is -0.201. The number of aromatic nitrogens is 3. The topological polar surface area (TPSA) is 80.9 Å². The lowest BCUT2D eigenvalue weighted by molar-refractivity contribution is 0.0945. The van der Waals surface area contributed by atoms with Gasteiger partial charge in [0.05, 0.1) is 29.2 Å². The number of rotatable bonds is 5. The van der Waals surface area contributed by atoms with Crippen LogP contribution in [0.4, 0.5) is 0 Å². The average molecular weight is 288 g/mol. The maximum atomic E-state index is 12.2. The van der Waals surface area contributed by atoms with Gasteiger partial charge < -0.3 is 9.84 Å². The third kappa shape index (κ3) is 3.87. The van der Waals surface area contributed by atoms with Crippen molar-refractivity contribution in [2.24, 2.45) is 5.92 Å². The fourth-order valence-corrected chi connectivity index (χ4v) is 2.13. The van der Waals surface area contributed by atoms with E-state index >= 15 is 0 Å². The van der Waals surface area contributed by atoms with Crippen LogP contribution in [0.15, 0.2) is 16.9 Å². The van der Waals surface area contributed by atoms with E-state index in [4.69, 9.17) is 4.52 Å². The van der Waals surface area contributed by atoms with Crippen molar-refractivity contribution in [1.82, 2.24) is 20.4 Å². The summed E-state index contributed by atoms with van der Waals surface area (Å²) in [6, 6.07) is 1.88. The first-order valence-electron chi connectivity index (χ1n) is 6.98. The summed E-state index contributed by atoms with van der Waals surface area (Å²) in [5.41, 5.74) is 2.75. The highest BCUT2D eigenvalue weighted by atomic mass is 16.5. The maximum Gasteiger partial charge on any atom is 0.255 e. The summed E-state index contributed by atoms with van der Waals surface area (Å²) in [5, 5.41) is 6.80. The average Bonchev–Trinajstić information content (AvgIpc) is 2.83. The Labute approximate surface area is 124 Å². The van der Waals surface area contributed by atoms with Crippen molar-refractivity contribution >= 4 is 5.91 Å². The Morgan fingerprint density at radius 3 is 2.57 bits per heavy atom. The van der Waals surface area contributed by atoms with Gasteiger partial charge >= 0.3 is 0 Å². The van der Waals surface area contributed by atoms with E-state index in [-0.39, 0.29) is 5.91 Å². The van der Waals surface area contributed by atoms with Gasteiger partial charge in [-0.15, -0.1) is 0 Å². The molecule has 0 fully saturated rings. The SMILES string of the molecule is Cc1ncnc(C)c1C(=O)NCc1cc(CC(C)C)no1. The number of nitrogens with one attached hydrogen (secondary N) is 1. The number of carbonyl (C=O) groups is 1. The molecule has 1 N–H and O–H groups in total. The van der Waals surface area contributed by atoms with Crippen molar-refractivity contribution in [3.63, 3.8) is 0 Å². The van der Waals surface area contributed by atoms with Crippen molar-refractivity contribution in [3.8, 4) is 0 Å².